The first-order chi connectivity index (χ1) is 10.1. The van der Waals surface area contributed by atoms with Gasteiger partial charge in [0.1, 0.15) is 12.4 Å². The van der Waals surface area contributed by atoms with Crippen LogP contribution in [-0.2, 0) is 0 Å². The van der Waals surface area contributed by atoms with E-state index < -0.39 is 0 Å². The smallest absolute Gasteiger partial charge is 0.251 e. The Kier molecular flexibility index (Phi) is 5.04. The van der Waals surface area contributed by atoms with Crippen molar-refractivity contribution in [3.8, 4) is 11.8 Å². The monoisotopic (exact) mass is 303 g/mol. The predicted molar refractivity (Wildman–Crippen MR) is 80.0 cm³/mol. The van der Waals surface area contributed by atoms with E-state index in [0.29, 0.717) is 21.9 Å². The van der Waals surface area contributed by atoms with E-state index in [-0.39, 0.29) is 18.6 Å². The summed E-state index contributed by atoms with van der Waals surface area (Å²) < 4.78 is 5.24. The van der Waals surface area contributed by atoms with E-state index in [1.54, 1.807) is 36.6 Å². The van der Waals surface area contributed by atoms with Crippen LogP contribution in [-0.4, -0.2) is 17.6 Å². The average molecular weight is 304 g/mol. The fraction of sp³-hybridized carbons (Fsp3) is 0.188. The lowest BCUT2D eigenvalue weighted by molar-refractivity contribution is 0.0935. The highest BCUT2D eigenvalue weighted by Crippen LogP contribution is 2.18. The molecule has 21 heavy (non-hydrogen) atoms. The molecule has 1 aromatic carbocycles. The zero-order valence-electron chi connectivity index (χ0n) is 11.4. The van der Waals surface area contributed by atoms with Gasteiger partial charge in [0.05, 0.1) is 17.3 Å². The lowest BCUT2D eigenvalue weighted by atomic mass is 10.1. The Hall–Kier alpha value is -2.22. The maximum atomic E-state index is 12.1. The van der Waals surface area contributed by atoms with Crippen molar-refractivity contribution >= 4 is 17.5 Å². The standard InChI is InChI=1S/C16H14ClNO3/c1-11(15-5-3-9-21-15)18-16(20)13-7-6-12(4-2-8-19)14(17)10-13/h3,5-7,9-11,19H,8H2,1H3,(H,18,20). The number of halogens is 1. The largest absolute Gasteiger partial charge is 0.467 e. The first kappa shape index (κ1) is 15.2. The van der Waals surface area contributed by atoms with Crippen molar-refractivity contribution in [3.05, 3.63) is 58.5 Å². The summed E-state index contributed by atoms with van der Waals surface area (Å²) in [5.41, 5.74) is 1.01. The molecule has 1 aromatic heterocycles. The minimum absolute atomic E-state index is 0.236. The molecule has 1 atom stereocenters. The van der Waals surface area contributed by atoms with Gasteiger partial charge in [0.2, 0.25) is 0 Å². The van der Waals surface area contributed by atoms with Gasteiger partial charge in [0, 0.05) is 11.1 Å². The number of hydrogen-bond acceptors (Lipinski definition) is 3. The number of amides is 1. The normalized spacial score (nSPS) is 11.4. The number of hydrogen-bond donors (Lipinski definition) is 2. The summed E-state index contributed by atoms with van der Waals surface area (Å²) in [6, 6.07) is 8.16. The summed E-state index contributed by atoms with van der Waals surface area (Å²) in [6.45, 7) is 1.60. The van der Waals surface area contributed by atoms with Crippen molar-refractivity contribution in [3.63, 3.8) is 0 Å². The van der Waals surface area contributed by atoms with Crippen molar-refractivity contribution in [1.29, 1.82) is 0 Å². The van der Waals surface area contributed by atoms with Crippen LogP contribution in [0.3, 0.4) is 0 Å². The van der Waals surface area contributed by atoms with Gasteiger partial charge in [-0.05, 0) is 37.3 Å². The molecule has 0 fully saturated rings. The minimum Gasteiger partial charge on any atom is -0.467 e. The minimum atomic E-state index is -0.248. The molecule has 0 saturated heterocycles. The molecule has 4 nitrogen and oxygen atoms in total. The molecular weight excluding hydrogens is 290 g/mol. The maximum Gasteiger partial charge on any atom is 0.251 e. The van der Waals surface area contributed by atoms with E-state index in [9.17, 15) is 4.79 Å². The second-order valence-corrected chi connectivity index (χ2v) is 4.77. The molecule has 1 unspecified atom stereocenters. The maximum absolute atomic E-state index is 12.1. The van der Waals surface area contributed by atoms with Gasteiger partial charge in [0.15, 0.2) is 0 Å². The molecule has 0 aliphatic carbocycles. The first-order valence-corrected chi connectivity index (χ1v) is 6.73. The quantitative estimate of drug-likeness (QED) is 0.857. The van der Waals surface area contributed by atoms with Crippen molar-refractivity contribution < 1.29 is 14.3 Å². The number of nitrogens with one attached hydrogen (secondary N) is 1. The summed E-state index contributed by atoms with van der Waals surface area (Å²) in [6.07, 6.45) is 1.56. The third-order valence-electron chi connectivity index (χ3n) is 2.85. The van der Waals surface area contributed by atoms with E-state index in [2.05, 4.69) is 17.2 Å². The number of rotatable bonds is 3. The molecule has 2 N–H and O–H groups in total. The van der Waals surface area contributed by atoms with Gasteiger partial charge in [-0.2, -0.15) is 0 Å². The van der Waals surface area contributed by atoms with Crippen LogP contribution in [0, 0.1) is 11.8 Å². The molecule has 0 aliphatic heterocycles. The second-order valence-electron chi connectivity index (χ2n) is 4.37. The predicted octanol–water partition coefficient (Wildman–Crippen LogP) is 2.77. The van der Waals surface area contributed by atoms with Crippen LogP contribution < -0.4 is 5.32 Å². The SMILES string of the molecule is CC(NC(=O)c1ccc(C#CCO)c(Cl)c1)c1ccco1. The molecule has 0 radical (unpaired) electrons. The third kappa shape index (κ3) is 3.88. The van der Waals surface area contributed by atoms with Crippen LogP contribution in [0.1, 0.15) is 34.6 Å². The zero-order valence-corrected chi connectivity index (χ0v) is 12.1. The fourth-order valence-corrected chi connectivity index (χ4v) is 2.01. The van der Waals surface area contributed by atoms with Gasteiger partial charge in [-0.25, -0.2) is 0 Å². The van der Waals surface area contributed by atoms with Crippen molar-refractivity contribution in [2.24, 2.45) is 0 Å². The number of aliphatic hydroxyl groups excluding tert-OH is 1. The number of aliphatic hydroxyl groups is 1. The molecule has 5 heteroatoms. The van der Waals surface area contributed by atoms with E-state index in [1.807, 2.05) is 6.92 Å². The highest BCUT2D eigenvalue weighted by Gasteiger charge is 2.14. The highest BCUT2D eigenvalue weighted by atomic mass is 35.5. The number of furan rings is 1. The molecule has 0 spiro atoms. The molecule has 1 heterocycles. The first-order valence-electron chi connectivity index (χ1n) is 6.35. The topological polar surface area (TPSA) is 62.5 Å². The Morgan fingerprint density at radius 1 is 1.48 bits per heavy atom. The van der Waals surface area contributed by atoms with Crippen LogP contribution in [0.15, 0.2) is 41.0 Å². The Labute approximate surface area is 127 Å². The summed E-state index contributed by atoms with van der Waals surface area (Å²) in [5.74, 6) is 5.66. The second kappa shape index (κ2) is 6.98. The van der Waals surface area contributed by atoms with E-state index in [0.717, 1.165) is 0 Å². The molecular formula is C16H14ClNO3. The van der Waals surface area contributed by atoms with Gasteiger partial charge in [-0.3, -0.25) is 4.79 Å². The van der Waals surface area contributed by atoms with Crippen molar-refractivity contribution in [2.45, 2.75) is 13.0 Å². The molecule has 2 rings (SSSR count). The zero-order chi connectivity index (χ0) is 15.2. The summed E-state index contributed by atoms with van der Waals surface area (Å²) in [7, 11) is 0. The van der Waals surface area contributed by atoms with Gasteiger partial charge >= 0.3 is 0 Å². The van der Waals surface area contributed by atoms with Crippen LogP contribution in [0.25, 0.3) is 0 Å². The van der Waals surface area contributed by atoms with Gasteiger partial charge in [-0.1, -0.05) is 23.4 Å². The van der Waals surface area contributed by atoms with Crippen molar-refractivity contribution in [2.75, 3.05) is 6.61 Å². The summed E-state index contributed by atoms with van der Waals surface area (Å²) in [5, 5.41) is 11.9. The van der Waals surface area contributed by atoms with Gasteiger partial charge in [0.25, 0.3) is 5.91 Å². The van der Waals surface area contributed by atoms with Crippen LogP contribution in [0.2, 0.25) is 5.02 Å². The van der Waals surface area contributed by atoms with Crippen LogP contribution in [0.4, 0.5) is 0 Å². The number of carbonyl (C=O) groups is 1. The van der Waals surface area contributed by atoms with Gasteiger partial charge in [-0.15, -0.1) is 0 Å². The van der Waals surface area contributed by atoms with E-state index >= 15 is 0 Å². The lowest BCUT2D eigenvalue weighted by Gasteiger charge is -2.11. The lowest BCUT2D eigenvalue weighted by Crippen LogP contribution is -2.26. The molecule has 2 aromatic rings. The van der Waals surface area contributed by atoms with Gasteiger partial charge < -0.3 is 14.8 Å². The molecule has 0 aliphatic rings. The Balaban J connectivity index is 2.11. The Bertz CT molecular complexity index is 683. The Morgan fingerprint density at radius 3 is 2.90 bits per heavy atom. The Morgan fingerprint density at radius 2 is 2.29 bits per heavy atom. The molecule has 108 valence electrons. The number of carbonyl (C=O) groups excluding carboxylic acids is 1. The molecule has 0 bridgehead atoms. The van der Waals surface area contributed by atoms with Crippen LogP contribution >= 0.6 is 11.6 Å². The number of benzene rings is 1. The molecule has 1 amide bonds. The summed E-state index contributed by atoms with van der Waals surface area (Å²) >= 11 is 6.06. The van der Waals surface area contributed by atoms with E-state index in [1.165, 1.54) is 0 Å². The van der Waals surface area contributed by atoms with E-state index in [4.69, 9.17) is 21.1 Å². The van der Waals surface area contributed by atoms with Crippen molar-refractivity contribution in [1.82, 2.24) is 5.32 Å². The third-order valence-corrected chi connectivity index (χ3v) is 3.16. The highest BCUT2D eigenvalue weighted by molar-refractivity contribution is 6.32. The summed E-state index contributed by atoms with van der Waals surface area (Å²) in [4.78, 5) is 12.1. The molecule has 0 saturated carbocycles. The fourth-order valence-electron chi connectivity index (χ4n) is 1.78. The van der Waals surface area contributed by atoms with Crippen LogP contribution in [0.5, 0.6) is 0 Å². The average Bonchev–Trinajstić information content (AvgIpc) is 3.00.